The summed E-state index contributed by atoms with van der Waals surface area (Å²) in [5, 5.41) is 0.501. The van der Waals surface area contributed by atoms with Crippen LogP contribution in [0.4, 0.5) is 0 Å². The number of hydrogen-bond donors (Lipinski definition) is 2. The van der Waals surface area contributed by atoms with Gasteiger partial charge in [-0.3, -0.25) is 14.2 Å². The Morgan fingerprint density at radius 2 is 2.00 bits per heavy atom. The normalized spacial score (nSPS) is 24.2. The molecule has 0 saturated carbocycles. The van der Waals surface area contributed by atoms with Crippen LogP contribution in [0.15, 0.2) is 29.1 Å². The SMILES string of the molecule is C[C@@H]1C[NH+](Cc2nc3ccccc3c(=O)n2CC(N)=O)C[C@H](C)O1. The van der Waals surface area contributed by atoms with Crippen LogP contribution in [-0.2, 0) is 22.6 Å². The second-order valence-electron chi connectivity index (χ2n) is 6.50. The smallest absolute Gasteiger partial charge is 0.262 e. The largest absolute Gasteiger partial charge is 0.368 e. The van der Waals surface area contributed by atoms with Crippen molar-refractivity contribution in [3.63, 3.8) is 0 Å². The molecule has 1 amide bonds. The van der Waals surface area contributed by atoms with Crippen LogP contribution < -0.4 is 16.2 Å². The number of aromatic nitrogens is 2. The molecule has 1 aliphatic rings. The number of nitrogens with two attached hydrogens (primary N) is 1. The van der Waals surface area contributed by atoms with Crippen LogP contribution in [0.1, 0.15) is 19.7 Å². The van der Waals surface area contributed by atoms with E-state index in [1.807, 2.05) is 26.0 Å². The minimum atomic E-state index is -0.547. The maximum absolute atomic E-state index is 12.7. The Kier molecular flexibility index (Phi) is 4.64. The van der Waals surface area contributed by atoms with Crippen molar-refractivity contribution in [3.8, 4) is 0 Å². The number of benzene rings is 1. The molecule has 0 spiro atoms. The maximum atomic E-state index is 12.7. The van der Waals surface area contributed by atoms with Crippen molar-refractivity contribution in [2.75, 3.05) is 13.1 Å². The molecule has 1 unspecified atom stereocenters. The summed E-state index contributed by atoms with van der Waals surface area (Å²) in [6, 6.07) is 7.17. The van der Waals surface area contributed by atoms with Crippen LogP contribution in [0.2, 0.25) is 0 Å². The van der Waals surface area contributed by atoms with E-state index in [4.69, 9.17) is 10.5 Å². The lowest BCUT2D eigenvalue weighted by Gasteiger charge is -2.32. The van der Waals surface area contributed by atoms with Crippen molar-refractivity contribution >= 4 is 16.8 Å². The number of carbonyl (C=O) groups is 1. The molecule has 0 aliphatic carbocycles. The Morgan fingerprint density at radius 1 is 1.33 bits per heavy atom. The molecule has 7 heteroatoms. The van der Waals surface area contributed by atoms with Crippen LogP contribution >= 0.6 is 0 Å². The predicted molar refractivity (Wildman–Crippen MR) is 89.6 cm³/mol. The highest BCUT2D eigenvalue weighted by Crippen LogP contribution is 2.08. The number of quaternary nitrogens is 1. The summed E-state index contributed by atoms with van der Waals surface area (Å²) in [7, 11) is 0. The van der Waals surface area contributed by atoms with Crippen molar-refractivity contribution in [2.45, 2.75) is 39.1 Å². The number of hydrogen-bond acceptors (Lipinski definition) is 4. The molecular formula is C17H23N4O3+. The molecule has 1 aromatic heterocycles. The van der Waals surface area contributed by atoms with E-state index in [-0.39, 0.29) is 24.3 Å². The van der Waals surface area contributed by atoms with E-state index in [9.17, 15) is 9.59 Å². The molecule has 3 N–H and O–H groups in total. The van der Waals surface area contributed by atoms with E-state index in [0.717, 1.165) is 13.1 Å². The highest BCUT2D eigenvalue weighted by Gasteiger charge is 2.27. The Labute approximate surface area is 140 Å². The van der Waals surface area contributed by atoms with Gasteiger partial charge >= 0.3 is 0 Å². The highest BCUT2D eigenvalue weighted by atomic mass is 16.5. The number of para-hydroxylation sites is 1. The highest BCUT2D eigenvalue weighted by molar-refractivity contribution is 5.78. The van der Waals surface area contributed by atoms with Crippen molar-refractivity contribution in [2.24, 2.45) is 5.73 Å². The number of nitrogens with one attached hydrogen (secondary N) is 1. The molecule has 2 aromatic rings. The lowest BCUT2D eigenvalue weighted by Crippen LogP contribution is -3.14. The molecule has 7 nitrogen and oxygen atoms in total. The van der Waals surface area contributed by atoms with Gasteiger partial charge in [0.1, 0.15) is 38.4 Å². The van der Waals surface area contributed by atoms with Gasteiger partial charge in [0.2, 0.25) is 5.91 Å². The predicted octanol–water partition coefficient (Wildman–Crippen LogP) is -0.926. The third-order valence-corrected chi connectivity index (χ3v) is 4.28. The maximum Gasteiger partial charge on any atom is 0.262 e. The summed E-state index contributed by atoms with van der Waals surface area (Å²) < 4.78 is 7.16. The standard InChI is InChI=1S/C17H22N4O3/c1-11-7-20(8-12(2)24-11)10-16-19-14-6-4-3-5-13(14)17(23)21(16)9-15(18)22/h3-6,11-12H,7-10H2,1-2H3,(H2,18,22)/p+1/t11-,12+. The van der Waals surface area contributed by atoms with Crippen molar-refractivity contribution in [1.82, 2.24) is 9.55 Å². The van der Waals surface area contributed by atoms with Crippen LogP contribution in [0.5, 0.6) is 0 Å². The van der Waals surface area contributed by atoms with E-state index >= 15 is 0 Å². The number of amides is 1. The summed E-state index contributed by atoms with van der Waals surface area (Å²) in [6.07, 6.45) is 0.307. The Hall–Kier alpha value is -2.25. The molecule has 2 heterocycles. The molecular weight excluding hydrogens is 308 g/mol. The number of rotatable bonds is 4. The van der Waals surface area contributed by atoms with Gasteiger partial charge in [-0.1, -0.05) is 12.1 Å². The van der Waals surface area contributed by atoms with Gasteiger partial charge in [-0.2, -0.15) is 0 Å². The number of morpholine rings is 1. The molecule has 128 valence electrons. The zero-order valence-corrected chi connectivity index (χ0v) is 14.0. The lowest BCUT2D eigenvalue weighted by atomic mass is 10.2. The molecule has 1 saturated heterocycles. The van der Waals surface area contributed by atoms with Gasteiger partial charge in [0, 0.05) is 0 Å². The first-order valence-electron chi connectivity index (χ1n) is 8.20. The number of carbonyl (C=O) groups excluding carboxylic acids is 1. The van der Waals surface area contributed by atoms with E-state index in [1.54, 1.807) is 12.1 Å². The molecule has 0 bridgehead atoms. The first-order valence-corrected chi connectivity index (χ1v) is 8.20. The monoisotopic (exact) mass is 331 g/mol. The summed E-state index contributed by atoms with van der Waals surface area (Å²) in [5.74, 6) is 0.0444. The topological polar surface area (TPSA) is 91.7 Å². The average Bonchev–Trinajstić information content (AvgIpc) is 2.50. The second kappa shape index (κ2) is 6.70. The molecule has 1 fully saturated rings. The minimum Gasteiger partial charge on any atom is -0.368 e. The Morgan fingerprint density at radius 3 is 2.67 bits per heavy atom. The fourth-order valence-electron chi connectivity index (χ4n) is 3.42. The summed E-state index contributed by atoms with van der Waals surface area (Å²) in [4.78, 5) is 30.1. The number of ether oxygens (including phenoxy) is 1. The lowest BCUT2D eigenvalue weighted by molar-refractivity contribution is -0.929. The van der Waals surface area contributed by atoms with E-state index in [0.29, 0.717) is 23.3 Å². The molecule has 1 aromatic carbocycles. The summed E-state index contributed by atoms with van der Waals surface area (Å²) in [5.41, 5.74) is 5.76. The molecule has 3 rings (SSSR count). The third kappa shape index (κ3) is 3.47. The van der Waals surface area contributed by atoms with Gasteiger partial charge in [-0.05, 0) is 26.0 Å². The van der Waals surface area contributed by atoms with Gasteiger partial charge in [0.05, 0.1) is 10.9 Å². The molecule has 24 heavy (non-hydrogen) atoms. The van der Waals surface area contributed by atoms with Gasteiger partial charge in [0.25, 0.3) is 5.56 Å². The molecule has 1 aliphatic heterocycles. The van der Waals surface area contributed by atoms with Gasteiger partial charge in [-0.15, -0.1) is 0 Å². The van der Waals surface area contributed by atoms with E-state index in [1.165, 1.54) is 9.47 Å². The first-order chi connectivity index (χ1) is 11.4. The number of nitrogens with zero attached hydrogens (tertiary/aromatic N) is 2. The second-order valence-corrected chi connectivity index (χ2v) is 6.50. The van der Waals surface area contributed by atoms with Gasteiger partial charge < -0.3 is 15.4 Å². The van der Waals surface area contributed by atoms with Gasteiger partial charge in [0.15, 0.2) is 5.82 Å². The Bertz CT molecular complexity index is 807. The molecule has 0 radical (unpaired) electrons. The van der Waals surface area contributed by atoms with Crippen LogP contribution in [0.3, 0.4) is 0 Å². The minimum absolute atomic E-state index is 0.152. The average molecular weight is 331 g/mol. The van der Waals surface area contributed by atoms with Crippen LogP contribution in [0.25, 0.3) is 10.9 Å². The van der Waals surface area contributed by atoms with Gasteiger partial charge in [-0.25, -0.2) is 4.98 Å². The number of primary amides is 1. The first kappa shape index (κ1) is 16.6. The fraction of sp³-hybridized carbons (Fsp3) is 0.471. The molecule has 3 atom stereocenters. The fourth-order valence-corrected chi connectivity index (χ4v) is 3.42. The van der Waals surface area contributed by atoms with E-state index in [2.05, 4.69) is 4.98 Å². The van der Waals surface area contributed by atoms with Crippen molar-refractivity contribution in [3.05, 3.63) is 40.4 Å². The summed E-state index contributed by atoms with van der Waals surface area (Å²) >= 11 is 0. The van der Waals surface area contributed by atoms with Crippen LogP contribution in [0, 0.1) is 0 Å². The van der Waals surface area contributed by atoms with E-state index < -0.39 is 5.91 Å². The summed E-state index contributed by atoms with van der Waals surface area (Å²) in [6.45, 7) is 6.17. The number of fused-ring (bicyclic) bond motifs is 1. The van der Waals surface area contributed by atoms with Crippen molar-refractivity contribution in [1.29, 1.82) is 0 Å². The van der Waals surface area contributed by atoms with Crippen LogP contribution in [-0.4, -0.2) is 40.8 Å². The third-order valence-electron chi connectivity index (χ3n) is 4.28. The Balaban J connectivity index is 2.01. The zero-order valence-electron chi connectivity index (χ0n) is 14.0. The van der Waals surface area contributed by atoms with Crippen molar-refractivity contribution < 1.29 is 14.4 Å². The zero-order chi connectivity index (χ0) is 17.3. The quantitative estimate of drug-likeness (QED) is 0.757.